The summed E-state index contributed by atoms with van der Waals surface area (Å²) in [6, 6.07) is 19.2. The number of halogens is 6. The number of amides is 4. The number of carbonyl (C=O) groups excluding carboxylic acids is 2. The van der Waals surface area contributed by atoms with Crippen LogP contribution in [0.5, 0.6) is 0 Å². The fourth-order valence-electron chi connectivity index (χ4n) is 6.24. The zero-order chi connectivity index (χ0) is 45.1. The number of nitrogens with one attached hydrogen (secondary N) is 5. The SMILES string of the molecule is CSc1nnc(-c2ccn3c(-c4cccc(NC(=O)NCC(F)(F)F)c4)cnc3c2)n1C.Cn1c(-c2ccn3c(-c4cccc(NC(=O)NCC(F)(F)F)c4)cnc3c2)n[nH]c1=S. The molecule has 6 aromatic heterocycles. The first kappa shape index (κ1) is 43.9. The van der Waals surface area contributed by atoms with E-state index in [4.69, 9.17) is 12.2 Å². The zero-order valence-corrected chi connectivity index (χ0v) is 34.7. The fourth-order valence-corrected chi connectivity index (χ4v) is 6.85. The molecule has 5 N–H and O–H groups in total. The van der Waals surface area contributed by atoms with Gasteiger partial charge in [-0.15, -0.1) is 10.2 Å². The Balaban J connectivity index is 0.000000189. The summed E-state index contributed by atoms with van der Waals surface area (Å²) in [5.74, 6) is 1.39. The highest BCUT2D eigenvalue weighted by atomic mass is 32.2. The molecular weight excluding hydrogens is 875 g/mol. The van der Waals surface area contributed by atoms with E-state index >= 15 is 0 Å². The van der Waals surface area contributed by atoms with Crippen molar-refractivity contribution >= 4 is 58.7 Å². The Morgan fingerprint density at radius 1 is 0.683 bits per heavy atom. The van der Waals surface area contributed by atoms with Gasteiger partial charge in [0.2, 0.25) is 0 Å². The number of fused-ring (bicyclic) bond motifs is 2. The smallest absolute Gasteiger partial charge is 0.329 e. The molecule has 0 saturated carbocycles. The number of aromatic nitrogens is 10. The zero-order valence-electron chi connectivity index (χ0n) is 33.1. The number of hydrogen-bond donors (Lipinski definition) is 5. The summed E-state index contributed by atoms with van der Waals surface area (Å²) in [6.45, 7) is -2.81. The number of alkyl halides is 6. The van der Waals surface area contributed by atoms with E-state index in [0.29, 0.717) is 33.3 Å². The Labute approximate surface area is 361 Å². The molecule has 6 heterocycles. The summed E-state index contributed by atoms with van der Waals surface area (Å²) < 4.78 is 81.4. The lowest BCUT2D eigenvalue weighted by molar-refractivity contribution is -0.123. The number of benzene rings is 2. The molecule has 0 unspecified atom stereocenters. The maximum Gasteiger partial charge on any atom is 0.405 e. The van der Waals surface area contributed by atoms with Crippen LogP contribution in [-0.2, 0) is 14.1 Å². The largest absolute Gasteiger partial charge is 0.405 e. The predicted octanol–water partition coefficient (Wildman–Crippen LogP) is 8.35. The molecule has 0 aliphatic carbocycles. The van der Waals surface area contributed by atoms with Gasteiger partial charge >= 0.3 is 24.4 Å². The molecule has 326 valence electrons. The van der Waals surface area contributed by atoms with E-state index in [2.05, 4.69) is 41.0 Å². The second-order valence-electron chi connectivity index (χ2n) is 13.6. The van der Waals surface area contributed by atoms with Crippen LogP contribution in [0.4, 0.5) is 47.3 Å². The summed E-state index contributed by atoms with van der Waals surface area (Å²) in [5.41, 5.74) is 6.73. The Hall–Kier alpha value is -7.21. The molecule has 4 amide bonds. The molecule has 8 aromatic rings. The van der Waals surface area contributed by atoms with Crippen LogP contribution < -0.4 is 21.3 Å². The van der Waals surface area contributed by atoms with Crippen molar-refractivity contribution in [2.45, 2.75) is 17.5 Å². The number of hydrogen-bond acceptors (Lipinski definition) is 9. The lowest BCUT2D eigenvalue weighted by Gasteiger charge is -2.11. The van der Waals surface area contributed by atoms with E-state index < -0.39 is 37.5 Å². The van der Waals surface area contributed by atoms with Crippen molar-refractivity contribution in [3.05, 3.63) is 102 Å². The maximum atomic E-state index is 12.3. The minimum absolute atomic E-state index is 0.352. The van der Waals surface area contributed by atoms with Gasteiger partial charge in [-0.3, -0.25) is 13.9 Å². The Kier molecular flexibility index (Phi) is 12.5. The Bertz CT molecular complexity index is 3010. The van der Waals surface area contributed by atoms with Crippen molar-refractivity contribution in [2.75, 3.05) is 30.0 Å². The molecule has 0 aliphatic heterocycles. The number of aromatic amines is 1. The highest BCUT2D eigenvalue weighted by molar-refractivity contribution is 7.98. The molecule has 0 saturated heterocycles. The van der Waals surface area contributed by atoms with Crippen molar-refractivity contribution in [2.24, 2.45) is 14.1 Å². The predicted molar refractivity (Wildman–Crippen MR) is 227 cm³/mol. The first-order valence-corrected chi connectivity index (χ1v) is 20.0. The molecular formula is C39H34F6N14O2S2. The molecule has 0 atom stereocenters. The first-order valence-electron chi connectivity index (χ1n) is 18.4. The van der Waals surface area contributed by atoms with Gasteiger partial charge in [0, 0.05) is 60.1 Å². The Morgan fingerprint density at radius 2 is 1.17 bits per heavy atom. The van der Waals surface area contributed by atoms with E-state index in [1.54, 1.807) is 64.0 Å². The van der Waals surface area contributed by atoms with Gasteiger partial charge in [-0.05, 0) is 67.0 Å². The number of anilines is 2. The number of H-pyrrole nitrogens is 1. The van der Waals surface area contributed by atoms with Crippen LogP contribution in [0.15, 0.2) is 103 Å². The van der Waals surface area contributed by atoms with Crippen LogP contribution in [0.2, 0.25) is 0 Å². The second kappa shape index (κ2) is 18.0. The summed E-state index contributed by atoms with van der Waals surface area (Å²) >= 11 is 6.65. The molecule has 0 bridgehead atoms. The van der Waals surface area contributed by atoms with Gasteiger partial charge in [0.25, 0.3) is 0 Å². The van der Waals surface area contributed by atoms with E-state index in [1.807, 2.05) is 82.5 Å². The average molecular weight is 909 g/mol. The van der Waals surface area contributed by atoms with Gasteiger partial charge in [-0.25, -0.2) is 19.6 Å². The summed E-state index contributed by atoms with van der Waals surface area (Å²) in [6.07, 6.45) is 0.0279. The van der Waals surface area contributed by atoms with Gasteiger partial charge < -0.3 is 30.4 Å². The standard InChI is InChI=1S/C20H18F3N7OS.C19H16F3N7OS/c1-29-17(27-28-19(29)32-2)13-6-7-30-15(10-24-16(30)9-13)12-4-3-5-14(8-12)26-18(31)25-11-20(21,22)23;1-28-16(26-27-18(28)31)12-5-6-29-14(9-23-15(29)8-12)11-3-2-4-13(7-11)25-17(30)24-10-19(20,21)22/h3-10H,11H2,1-2H3,(H2,25,26,31);2-9H,10H2,1H3,(H,27,31)(H2,24,25,30). The van der Waals surface area contributed by atoms with Gasteiger partial charge in [0.1, 0.15) is 24.4 Å². The molecule has 8 rings (SSSR count). The van der Waals surface area contributed by atoms with E-state index in [1.165, 1.54) is 11.8 Å². The average Bonchev–Trinajstić information content (AvgIpc) is 4.04. The monoisotopic (exact) mass is 908 g/mol. The van der Waals surface area contributed by atoms with Gasteiger partial charge in [-0.1, -0.05) is 36.0 Å². The number of rotatable bonds is 9. The van der Waals surface area contributed by atoms with Crippen molar-refractivity contribution in [3.8, 4) is 45.3 Å². The molecule has 0 fully saturated rings. The van der Waals surface area contributed by atoms with Crippen LogP contribution in [0.1, 0.15) is 0 Å². The van der Waals surface area contributed by atoms with Crippen molar-refractivity contribution in [1.29, 1.82) is 0 Å². The number of imidazole rings is 2. The number of thioether (sulfide) groups is 1. The van der Waals surface area contributed by atoms with E-state index in [-0.39, 0.29) is 0 Å². The molecule has 0 spiro atoms. The third-order valence-electron chi connectivity index (χ3n) is 9.17. The van der Waals surface area contributed by atoms with Crippen LogP contribution >= 0.6 is 24.0 Å². The van der Waals surface area contributed by atoms with Crippen molar-refractivity contribution in [3.63, 3.8) is 0 Å². The summed E-state index contributed by atoms with van der Waals surface area (Å²) in [4.78, 5) is 32.3. The van der Waals surface area contributed by atoms with E-state index in [0.717, 1.165) is 44.6 Å². The number of pyridine rings is 2. The van der Waals surface area contributed by atoms with Crippen LogP contribution in [0, 0.1) is 4.77 Å². The number of carbonyl (C=O) groups is 2. The molecule has 0 aliphatic rings. The highest BCUT2D eigenvalue weighted by Crippen LogP contribution is 2.29. The third-order valence-corrected chi connectivity index (χ3v) is 10.3. The van der Waals surface area contributed by atoms with Gasteiger partial charge in [-0.2, -0.15) is 31.4 Å². The van der Waals surface area contributed by atoms with Crippen molar-refractivity contribution in [1.82, 2.24) is 58.9 Å². The normalized spacial score (nSPS) is 11.6. The third kappa shape index (κ3) is 10.5. The van der Waals surface area contributed by atoms with Gasteiger partial charge in [0.15, 0.2) is 21.6 Å². The Morgan fingerprint density at radius 3 is 1.60 bits per heavy atom. The quantitative estimate of drug-likeness (QED) is 0.0541. The molecule has 0 radical (unpaired) electrons. The topological polar surface area (TPSA) is 181 Å². The molecule has 16 nitrogen and oxygen atoms in total. The summed E-state index contributed by atoms with van der Waals surface area (Å²) in [5, 5.41) is 24.5. The second-order valence-corrected chi connectivity index (χ2v) is 14.7. The van der Waals surface area contributed by atoms with Gasteiger partial charge in [0.05, 0.1) is 23.8 Å². The minimum Gasteiger partial charge on any atom is -0.329 e. The number of urea groups is 2. The molecule has 63 heavy (non-hydrogen) atoms. The van der Waals surface area contributed by atoms with E-state index in [9.17, 15) is 35.9 Å². The van der Waals surface area contributed by atoms with Crippen LogP contribution in [0.3, 0.4) is 0 Å². The lowest BCUT2D eigenvalue weighted by atomic mass is 10.1. The summed E-state index contributed by atoms with van der Waals surface area (Å²) in [7, 11) is 3.71. The maximum absolute atomic E-state index is 12.3. The number of nitrogens with zero attached hydrogens (tertiary/aromatic N) is 9. The fraction of sp³-hybridized carbons (Fsp3) is 0.179. The highest BCUT2D eigenvalue weighted by Gasteiger charge is 2.28. The van der Waals surface area contributed by atoms with Crippen molar-refractivity contribution < 1.29 is 35.9 Å². The first-order chi connectivity index (χ1) is 30.0. The molecule has 2 aromatic carbocycles. The lowest BCUT2D eigenvalue weighted by Crippen LogP contribution is -2.36. The minimum atomic E-state index is -4.48. The molecule has 24 heteroatoms. The van der Waals surface area contributed by atoms with Crippen LogP contribution in [0.25, 0.3) is 56.6 Å². The van der Waals surface area contributed by atoms with Crippen LogP contribution in [-0.4, -0.2) is 92.1 Å².